The van der Waals surface area contributed by atoms with Gasteiger partial charge in [-0.15, -0.1) is 0 Å². The number of H-pyrrole nitrogens is 1. The second-order valence-corrected chi connectivity index (χ2v) is 3.99. The van der Waals surface area contributed by atoms with Crippen LogP contribution in [0.15, 0.2) is 12.1 Å². The molecule has 0 aliphatic heterocycles. The highest BCUT2D eigenvalue weighted by Gasteiger charge is 2.04. The Kier molecular flexibility index (Phi) is 2.34. The molecule has 0 atom stereocenters. The van der Waals surface area contributed by atoms with Gasteiger partial charge in [0, 0.05) is 5.02 Å². The summed E-state index contributed by atoms with van der Waals surface area (Å²) in [5.41, 5.74) is 6.81. The van der Waals surface area contributed by atoms with Crippen LogP contribution in [-0.2, 0) is 0 Å². The van der Waals surface area contributed by atoms with E-state index in [4.69, 9.17) is 41.2 Å². The molecule has 0 saturated carbocycles. The van der Waals surface area contributed by atoms with Gasteiger partial charge in [0.2, 0.25) is 0 Å². The van der Waals surface area contributed by atoms with Crippen molar-refractivity contribution in [1.82, 2.24) is 9.97 Å². The first-order valence-corrected chi connectivity index (χ1v) is 4.89. The van der Waals surface area contributed by atoms with Crippen molar-refractivity contribution >= 4 is 52.3 Å². The van der Waals surface area contributed by atoms with Gasteiger partial charge >= 0.3 is 0 Å². The van der Waals surface area contributed by atoms with Crippen LogP contribution >= 0.6 is 35.4 Å². The van der Waals surface area contributed by atoms with Crippen molar-refractivity contribution in [2.24, 2.45) is 0 Å². The lowest BCUT2D eigenvalue weighted by molar-refractivity contribution is 1.28. The molecule has 3 N–H and O–H groups in total. The highest BCUT2D eigenvalue weighted by atomic mass is 35.5. The summed E-state index contributed by atoms with van der Waals surface area (Å²) in [6.45, 7) is 0. The second kappa shape index (κ2) is 3.38. The van der Waals surface area contributed by atoms with E-state index in [1.807, 2.05) is 0 Å². The SMILES string of the molecule is Nc1nc2c(Cl)cc(Cl)cc2[nH]c1=S. The Bertz CT molecular complexity index is 564. The first kappa shape index (κ1) is 9.71. The fourth-order valence-corrected chi connectivity index (χ4v) is 1.82. The summed E-state index contributed by atoms with van der Waals surface area (Å²) in [5, 5.41) is 0.977. The molecule has 0 amide bonds. The fourth-order valence-electron chi connectivity index (χ4n) is 1.13. The lowest BCUT2D eigenvalue weighted by Crippen LogP contribution is -1.95. The predicted octanol–water partition coefficient (Wildman–Crippen LogP) is 3.18. The summed E-state index contributed by atoms with van der Waals surface area (Å²) in [4.78, 5) is 6.97. The van der Waals surface area contributed by atoms with E-state index < -0.39 is 0 Å². The number of nitrogens with two attached hydrogens (primary N) is 1. The van der Waals surface area contributed by atoms with Crippen LogP contribution in [-0.4, -0.2) is 9.97 Å². The summed E-state index contributed by atoms with van der Waals surface area (Å²) < 4.78 is 0.385. The van der Waals surface area contributed by atoms with Crippen molar-refractivity contribution in [2.45, 2.75) is 0 Å². The van der Waals surface area contributed by atoms with Gasteiger partial charge in [-0.1, -0.05) is 35.4 Å². The third-order valence-corrected chi connectivity index (χ3v) is 2.56. The van der Waals surface area contributed by atoms with E-state index >= 15 is 0 Å². The van der Waals surface area contributed by atoms with E-state index in [0.717, 1.165) is 0 Å². The summed E-state index contributed by atoms with van der Waals surface area (Å²) in [5.74, 6) is 0.261. The van der Waals surface area contributed by atoms with Crippen molar-refractivity contribution < 1.29 is 0 Å². The first-order valence-electron chi connectivity index (χ1n) is 3.72. The smallest absolute Gasteiger partial charge is 0.159 e. The number of halogens is 2. The van der Waals surface area contributed by atoms with Gasteiger partial charge in [0.25, 0.3) is 0 Å². The van der Waals surface area contributed by atoms with Crippen LogP contribution < -0.4 is 5.73 Å². The molecule has 0 aliphatic carbocycles. The zero-order chi connectivity index (χ0) is 10.3. The number of hydrogen-bond acceptors (Lipinski definition) is 3. The largest absolute Gasteiger partial charge is 0.381 e. The molecule has 0 saturated heterocycles. The zero-order valence-electron chi connectivity index (χ0n) is 6.84. The van der Waals surface area contributed by atoms with Crippen LogP contribution in [0.25, 0.3) is 11.0 Å². The minimum atomic E-state index is 0.261. The average Bonchev–Trinajstić information content (AvgIpc) is 2.08. The number of nitrogens with one attached hydrogen (secondary N) is 1. The quantitative estimate of drug-likeness (QED) is 0.702. The maximum atomic E-state index is 5.93. The molecule has 1 aromatic heterocycles. The Morgan fingerprint density at radius 1 is 1.36 bits per heavy atom. The van der Waals surface area contributed by atoms with Crippen molar-refractivity contribution in [3.8, 4) is 0 Å². The third-order valence-electron chi connectivity index (χ3n) is 1.74. The van der Waals surface area contributed by atoms with E-state index in [2.05, 4.69) is 9.97 Å². The van der Waals surface area contributed by atoms with Crippen molar-refractivity contribution in [1.29, 1.82) is 0 Å². The number of rotatable bonds is 0. The summed E-state index contributed by atoms with van der Waals surface area (Å²) in [7, 11) is 0. The van der Waals surface area contributed by atoms with Crippen molar-refractivity contribution in [3.05, 3.63) is 26.8 Å². The molecule has 3 nitrogen and oxygen atoms in total. The molecule has 72 valence electrons. The maximum absolute atomic E-state index is 5.93. The molecule has 2 rings (SSSR count). The molecule has 1 heterocycles. The Morgan fingerprint density at radius 3 is 2.79 bits per heavy atom. The van der Waals surface area contributed by atoms with Gasteiger partial charge in [0.05, 0.1) is 10.5 Å². The predicted molar refractivity (Wildman–Crippen MR) is 61.4 cm³/mol. The Labute approximate surface area is 94.9 Å². The molecule has 0 unspecified atom stereocenters. The number of aromatic amines is 1. The first-order chi connectivity index (χ1) is 6.58. The van der Waals surface area contributed by atoms with Gasteiger partial charge in [-0.05, 0) is 12.1 Å². The maximum Gasteiger partial charge on any atom is 0.159 e. The van der Waals surface area contributed by atoms with E-state index in [9.17, 15) is 0 Å². The number of anilines is 1. The number of hydrogen-bond donors (Lipinski definition) is 2. The summed E-state index contributed by atoms with van der Waals surface area (Å²) in [6, 6.07) is 3.31. The van der Waals surface area contributed by atoms with Gasteiger partial charge in [-0.3, -0.25) is 0 Å². The zero-order valence-corrected chi connectivity index (χ0v) is 9.17. The van der Waals surface area contributed by atoms with E-state index in [1.54, 1.807) is 12.1 Å². The summed E-state index contributed by atoms with van der Waals surface area (Å²) in [6.07, 6.45) is 0. The Hall–Kier alpha value is -0.840. The molecule has 14 heavy (non-hydrogen) atoms. The molecule has 0 radical (unpaired) electrons. The lowest BCUT2D eigenvalue weighted by atomic mass is 10.3. The molecule has 0 bridgehead atoms. The number of nitrogens with zero attached hydrogens (tertiary/aromatic N) is 1. The number of aromatic nitrogens is 2. The summed E-state index contributed by atoms with van der Waals surface area (Å²) >= 11 is 16.7. The number of benzene rings is 1. The molecule has 0 spiro atoms. The topological polar surface area (TPSA) is 54.7 Å². The van der Waals surface area contributed by atoms with Gasteiger partial charge < -0.3 is 10.7 Å². The van der Waals surface area contributed by atoms with E-state index in [0.29, 0.717) is 25.7 Å². The third kappa shape index (κ3) is 1.56. The molecular formula is C8H5Cl2N3S. The molecular weight excluding hydrogens is 241 g/mol. The number of nitrogen functional groups attached to an aromatic ring is 1. The highest BCUT2D eigenvalue weighted by molar-refractivity contribution is 7.71. The van der Waals surface area contributed by atoms with Gasteiger partial charge in [-0.2, -0.15) is 0 Å². The Balaban J connectivity index is 2.96. The normalized spacial score (nSPS) is 10.7. The second-order valence-electron chi connectivity index (χ2n) is 2.73. The standard InChI is InChI=1S/C8H5Cl2N3S/c9-3-1-4(10)6-5(2-3)12-8(14)7(11)13-6/h1-2H,(H2,11,13)(H,12,14). The fraction of sp³-hybridized carbons (Fsp3) is 0. The molecule has 6 heteroatoms. The molecule has 0 fully saturated rings. The highest BCUT2D eigenvalue weighted by Crippen LogP contribution is 2.25. The van der Waals surface area contributed by atoms with Crippen LogP contribution in [0.3, 0.4) is 0 Å². The van der Waals surface area contributed by atoms with Gasteiger partial charge in [0.1, 0.15) is 10.2 Å². The van der Waals surface area contributed by atoms with E-state index in [-0.39, 0.29) is 5.82 Å². The number of fused-ring (bicyclic) bond motifs is 1. The van der Waals surface area contributed by atoms with Crippen molar-refractivity contribution in [3.63, 3.8) is 0 Å². The molecule has 2 aromatic rings. The van der Waals surface area contributed by atoms with E-state index in [1.165, 1.54) is 0 Å². The van der Waals surface area contributed by atoms with Crippen LogP contribution in [0.5, 0.6) is 0 Å². The van der Waals surface area contributed by atoms with Crippen LogP contribution in [0.4, 0.5) is 5.82 Å². The average molecular weight is 246 g/mol. The lowest BCUT2D eigenvalue weighted by Gasteiger charge is -2.02. The van der Waals surface area contributed by atoms with Crippen molar-refractivity contribution in [2.75, 3.05) is 5.73 Å². The van der Waals surface area contributed by atoms with Gasteiger partial charge in [-0.25, -0.2) is 4.98 Å². The molecule has 1 aromatic carbocycles. The minimum Gasteiger partial charge on any atom is -0.381 e. The van der Waals surface area contributed by atoms with Crippen LogP contribution in [0.1, 0.15) is 0 Å². The monoisotopic (exact) mass is 245 g/mol. The van der Waals surface area contributed by atoms with Crippen LogP contribution in [0, 0.1) is 4.64 Å². The van der Waals surface area contributed by atoms with Gasteiger partial charge in [0.15, 0.2) is 5.82 Å². The van der Waals surface area contributed by atoms with Crippen LogP contribution in [0.2, 0.25) is 10.0 Å². The minimum absolute atomic E-state index is 0.261. The molecule has 0 aliphatic rings. The Morgan fingerprint density at radius 2 is 2.07 bits per heavy atom.